The average molecular weight is 262 g/mol. The normalized spacial score (nSPS) is 10.9. The van der Waals surface area contributed by atoms with Crippen LogP contribution in [0.5, 0.6) is 0 Å². The number of carboxylic acid groups (broad SMARTS) is 1. The van der Waals surface area contributed by atoms with Crippen LogP contribution < -0.4 is 5.56 Å². The van der Waals surface area contributed by atoms with E-state index in [0.29, 0.717) is 10.2 Å². The van der Waals surface area contributed by atoms with Crippen molar-refractivity contribution in [3.8, 4) is 5.95 Å². The summed E-state index contributed by atoms with van der Waals surface area (Å²) in [5.41, 5.74) is 0.187. The highest BCUT2D eigenvalue weighted by Gasteiger charge is 2.10. The second-order valence-electron chi connectivity index (χ2n) is 3.48. The van der Waals surface area contributed by atoms with Crippen LogP contribution in [0.3, 0.4) is 0 Å². The molecule has 0 aromatic carbocycles. The van der Waals surface area contributed by atoms with Crippen molar-refractivity contribution >= 4 is 27.5 Å². The lowest BCUT2D eigenvalue weighted by Crippen LogP contribution is -2.13. The van der Waals surface area contributed by atoms with E-state index in [1.165, 1.54) is 28.3 Å². The lowest BCUT2D eigenvalue weighted by atomic mass is 10.4. The zero-order valence-electron chi connectivity index (χ0n) is 8.82. The van der Waals surface area contributed by atoms with Gasteiger partial charge in [-0.15, -0.1) is 11.3 Å². The molecule has 3 heterocycles. The summed E-state index contributed by atoms with van der Waals surface area (Å²) in [6, 6.07) is 3.06. The van der Waals surface area contributed by atoms with E-state index in [1.807, 2.05) is 0 Å². The van der Waals surface area contributed by atoms with Gasteiger partial charge < -0.3 is 5.11 Å². The maximum Gasteiger partial charge on any atom is 0.356 e. The second kappa shape index (κ2) is 3.77. The van der Waals surface area contributed by atoms with Crippen molar-refractivity contribution in [3.05, 3.63) is 39.8 Å². The minimum Gasteiger partial charge on any atom is -0.476 e. The fourth-order valence-corrected chi connectivity index (χ4v) is 2.25. The minimum absolute atomic E-state index is 0.108. The van der Waals surface area contributed by atoms with E-state index in [4.69, 9.17) is 5.11 Å². The standard InChI is InChI=1S/C10H6N4O3S/c15-8-7-5(2-4-18-7)11-10(12-8)14-3-1-6(13-14)9(16)17/h1-4H,(H,16,17)(H,11,12,15). The Balaban J connectivity index is 2.18. The van der Waals surface area contributed by atoms with Crippen LogP contribution >= 0.6 is 11.3 Å². The zero-order chi connectivity index (χ0) is 12.7. The number of aromatic carboxylic acids is 1. The number of carbonyl (C=O) groups is 1. The Kier molecular flexibility index (Phi) is 2.23. The number of thiophene rings is 1. The van der Waals surface area contributed by atoms with Crippen molar-refractivity contribution in [2.45, 2.75) is 0 Å². The Bertz CT molecular complexity index is 801. The van der Waals surface area contributed by atoms with Gasteiger partial charge in [0.25, 0.3) is 5.56 Å². The van der Waals surface area contributed by atoms with Crippen LogP contribution in [0.4, 0.5) is 0 Å². The van der Waals surface area contributed by atoms with E-state index in [2.05, 4.69) is 15.1 Å². The van der Waals surface area contributed by atoms with Gasteiger partial charge in [-0.25, -0.2) is 14.5 Å². The zero-order valence-corrected chi connectivity index (χ0v) is 9.64. The van der Waals surface area contributed by atoms with Crippen LogP contribution in [-0.2, 0) is 0 Å². The van der Waals surface area contributed by atoms with Gasteiger partial charge in [-0.2, -0.15) is 5.10 Å². The highest BCUT2D eigenvalue weighted by atomic mass is 32.1. The highest BCUT2D eigenvalue weighted by Crippen LogP contribution is 2.14. The van der Waals surface area contributed by atoms with Gasteiger partial charge in [0.2, 0.25) is 5.95 Å². The summed E-state index contributed by atoms with van der Waals surface area (Å²) in [7, 11) is 0. The van der Waals surface area contributed by atoms with Gasteiger partial charge in [-0.3, -0.25) is 9.78 Å². The number of hydrogen-bond donors (Lipinski definition) is 2. The smallest absolute Gasteiger partial charge is 0.356 e. The average Bonchev–Trinajstić information content (AvgIpc) is 2.97. The van der Waals surface area contributed by atoms with Crippen LogP contribution in [0.2, 0.25) is 0 Å². The van der Waals surface area contributed by atoms with Gasteiger partial charge in [-0.1, -0.05) is 0 Å². The van der Waals surface area contributed by atoms with Crippen LogP contribution in [0, 0.1) is 0 Å². The number of nitrogens with one attached hydrogen (secondary N) is 1. The number of fused-ring (bicyclic) bond motifs is 1. The first-order chi connectivity index (χ1) is 8.65. The second-order valence-corrected chi connectivity index (χ2v) is 4.39. The highest BCUT2D eigenvalue weighted by molar-refractivity contribution is 7.17. The van der Waals surface area contributed by atoms with Gasteiger partial charge in [-0.05, 0) is 17.5 Å². The van der Waals surface area contributed by atoms with Crippen LogP contribution in [-0.4, -0.2) is 30.8 Å². The van der Waals surface area contributed by atoms with Gasteiger partial charge >= 0.3 is 5.97 Å². The Morgan fingerprint density at radius 1 is 1.44 bits per heavy atom. The predicted molar refractivity (Wildman–Crippen MR) is 64.3 cm³/mol. The van der Waals surface area contributed by atoms with Gasteiger partial charge in [0.15, 0.2) is 5.69 Å². The first-order valence-corrected chi connectivity index (χ1v) is 5.80. The third kappa shape index (κ3) is 1.59. The summed E-state index contributed by atoms with van der Waals surface area (Å²) in [4.78, 5) is 29.2. The summed E-state index contributed by atoms with van der Waals surface area (Å²) >= 11 is 1.30. The maximum atomic E-state index is 11.7. The van der Waals surface area contributed by atoms with Crippen LogP contribution in [0.1, 0.15) is 10.5 Å². The molecule has 3 rings (SSSR count). The van der Waals surface area contributed by atoms with E-state index in [1.54, 1.807) is 11.4 Å². The molecule has 2 N–H and O–H groups in total. The van der Waals surface area contributed by atoms with Crippen molar-refractivity contribution < 1.29 is 9.90 Å². The Morgan fingerprint density at radius 3 is 3.00 bits per heavy atom. The number of H-pyrrole nitrogens is 1. The topological polar surface area (TPSA) is 101 Å². The quantitative estimate of drug-likeness (QED) is 0.713. The van der Waals surface area contributed by atoms with E-state index in [9.17, 15) is 9.59 Å². The number of nitrogens with zero attached hydrogens (tertiary/aromatic N) is 3. The number of carboxylic acids is 1. The third-order valence-corrected chi connectivity index (χ3v) is 3.23. The summed E-state index contributed by atoms with van der Waals surface area (Å²) in [6.07, 6.45) is 1.43. The molecular formula is C10H6N4O3S. The maximum absolute atomic E-state index is 11.7. The molecule has 0 radical (unpaired) electrons. The number of aromatic nitrogens is 4. The van der Waals surface area contributed by atoms with Crippen LogP contribution in [0.15, 0.2) is 28.5 Å². The lowest BCUT2D eigenvalue weighted by molar-refractivity contribution is 0.0690. The number of rotatable bonds is 2. The molecule has 0 saturated heterocycles. The molecule has 0 amide bonds. The molecule has 0 aliphatic rings. The molecule has 90 valence electrons. The molecule has 0 spiro atoms. The first kappa shape index (κ1) is 10.7. The Labute approximate surface area is 103 Å². The molecule has 0 aliphatic heterocycles. The third-order valence-electron chi connectivity index (χ3n) is 2.33. The fraction of sp³-hybridized carbons (Fsp3) is 0. The largest absolute Gasteiger partial charge is 0.476 e. The van der Waals surface area contributed by atoms with E-state index < -0.39 is 5.97 Å². The molecule has 3 aromatic heterocycles. The Morgan fingerprint density at radius 2 is 2.28 bits per heavy atom. The van der Waals surface area contributed by atoms with Crippen LogP contribution in [0.25, 0.3) is 16.2 Å². The van der Waals surface area contributed by atoms with Gasteiger partial charge in [0, 0.05) is 6.20 Å². The molecule has 0 unspecified atom stereocenters. The molecule has 7 nitrogen and oxygen atoms in total. The van der Waals surface area contributed by atoms with E-state index in [0.717, 1.165) is 0 Å². The van der Waals surface area contributed by atoms with E-state index >= 15 is 0 Å². The molecular weight excluding hydrogens is 256 g/mol. The molecule has 0 fully saturated rings. The molecule has 0 bridgehead atoms. The SMILES string of the molecule is O=C(O)c1ccn(-c2nc3ccsc3c(=O)[nH]2)n1. The predicted octanol–water partition coefficient (Wildman–Crippen LogP) is 0.868. The van der Waals surface area contributed by atoms with Crippen molar-refractivity contribution in [3.63, 3.8) is 0 Å². The van der Waals surface area contributed by atoms with Crippen molar-refractivity contribution in [2.75, 3.05) is 0 Å². The van der Waals surface area contributed by atoms with Crippen molar-refractivity contribution in [1.29, 1.82) is 0 Å². The molecule has 8 heteroatoms. The fourth-order valence-electron chi connectivity index (χ4n) is 1.53. The molecule has 0 saturated carbocycles. The molecule has 18 heavy (non-hydrogen) atoms. The molecule has 3 aromatic rings. The first-order valence-electron chi connectivity index (χ1n) is 4.92. The number of hydrogen-bond acceptors (Lipinski definition) is 5. The Hall–Kier alpha value is -2.48. The van der Waals surface area contributed by atoms with Gasteiger partial charge in [0.1, 0.15) is 4.70 Å². The summed E-state index contributed by atoms with van der Waals surface area (Å²) in [5.74, 6) is -0.939. The summed E-state index contributed by atoms with van der Waals surface area (Å²) in [5, 5.41) is 14.3. The van der Waals surface area contributed by atoms with Gasteiger partial charge in [0.05, 0.1) is 5.52 Å². The van der Waals surface area contributed by atoms with Crippen molar-refractivity contribution in [1.82, 2.24) is 19.7 Å². The number of aromatic amines is 1. The lowest BCUT2D eigenvalue weighted by Gasteiger charge is -1.99. The minimum atomic E-state index is -1.13. The van der Waals surface area contributed by atoms with Crippen molar-refractivity contribution in [2.24, 2.45) is 0 Å². The summed E-state index contributed by atoms with van der Waals surface area (Å²) < 4.78 is 1.76. The summed E-state index contributed by atoms with van der Waals surface area (Å²) in [6.45, 7) is 0. The molecule has 0 atom stereocenters. The molecule has 0 aliphatic carbocycles. The monoisotopic (exact) mass is 262 g/mol. The van der Waals surface area contributed by atoms with E-state index in [-0.39, 0.29) is 17.2 Å².